The highest BCUT2D eigenvalue weighted by atomic mass is 16.5. The van der Waals surface area contributed by atoms with Gasteiger partial charge in [0.2, 0.25) is 0 Å². The lowest BCUT2D eigenvalue weighted by Crippen LogP contribution is -1.89. The number of aryl methyl sites for hydroxylation is 1. The van der Waals surface area contributed by atoms with Crippen molar-refractivity contribution in [3.05, 3.63) is 24.2 Å². The number of phenolic OH excluding ortho intramolecular Hbond substituents is 1. The van der Waals surface area contributed by atoms with Crippen LogP contribution >= 0.6 is 0 Å². The van der Waals surface area contributed by atoms with Crippen LogP contribution in [0.1, 0.15) is 19.5 Å². The summed E-state index contributed by atoms with van der Waals surface area (Å²) in [6, 6.07) is 3.31. The van der Waals surface area contributed by atoms with Gasteiger partial charge in [-0.05, 0) is 13.0 Å². The highest BCUT2D eigenvalue weighted by molar-refractivity contribution is 5.84. The van der Waals surface area contributed by atoms with Gasteiger partial charge in [0.05, 0.1) is 12.6 Å². The van der Waals surface area contributed by atoms with Crippen LogP contribution < -0.4 is 4.74 Å². The molecule has 0 spiro atoms. The van der Waals surface area contributed by atoms with Crippen molar-refractivity contribution in [2.75, 3.05) is 7.11 Å². The molecule has 2 aromatic rings. The van der Waals surface area contributed by atoms with E-state index in [9.17, 15) is 5.11 Å². The number of hydrogen-bond donors (Lipinski definition) is 1. The second-order valence-corrected chi connectivity index (χ2v) is 3.00. The van der Waals surface area contributed by atoms with E-state index in [4.69, 9.17) is 4.74 Å². The van der Waals surface area contributed by atoms with Crippen LogP contribution in [0.4, 0.5) is 0 Å². The predicted molar refractivity (Wildman–Crippen MR) is 63.8 cm³/mol. The average molecular weight is 220 g/mol. The Morgan fingerprint density at radius 1 is 1.19 bits per heavy atom. The molecule has 2 rings (SSSR count). The number of ether oxygens (including phenoxy) is 1. The van der Waals surface area contributed by atoms with Crippen LogP contribution in [0.15, 0.2) is 18.5 Å². The molecule has 0 radical (unpaired) electrons. The van der Waals surface area contributed by atoms with E-state index in [1.165, 1.54) is 13.4 Å². The zero-order valence-corrected chi connectivity index (χ0v) is 9.98. The summed E-state index contributed by atoms with van der Waals surface area (Å²) in [6.45, 7) is 5.89. The first kappa shape index (κ1) is 12.2. The maximum absolute atomic E-state index is 9.51. The molecular weight excluding hydrogens is 204 g/mol. The molecule has 0 unspecified atom stereocenters. The summed E-state index contributed by atoms with van der Waals surface area (Å²) in [6.07, 6.45) is 1.48. The number of methoxy groups -OCH3 is 1. The van der Waals surface area contributed by atoms with Gasteiger partial charge < -0.3 is 9.84 Å². The minimum Gasteiger partial charge on any atom is -0.504 e. The van der Waals surface area contributed by atoms with Gasteiger partial charge in [0, 0.05) is 17.1 Å². The number of aromatic hydroxyl groups is 1. The smallest absolute Gasteiger partial charge is 0.161 e. The molecular formula is C12H16N2O2. The Morgan fingerprint density at radius 2 is 1.88 bits per heavy atom. The van der Waals surface area contributed by atoms with E-state index in [0.29, 0.717) is 5.75 Å². The van der Waals surface area contributed by atoms with Gasteiger partial charge in [-0.3, -0.25) is 0 Å². The first-order valence-electron chi connectivity index (χ1n) is 5.20. The number of fused-ring (bicyclic) bond motifs is 1. The molecule has 0 saturated heterocycles. The molecule has 86 valence electrons. The van der Waals surface area contributed by atoms with Crippen molar-refractivity contribution in [3.8, 4) is 11.5 Å². The maximum atomic E-state index is 9.51. The highest BCUT2D eigenvalue weighted by Gasteiger charge is 2.06. The van der Waals surface area contributed by atoms with Crippen LogP contribution in [-0.2, 0) is 0 Å². The molecule has 4 nitrogen and oxygen atoms in total. The van der Waals surface area contributed by atoms with E-state index >= 15 is 0 Å². The van der Waals surface area contributed by atoms with Crippen LogP contribution in [-0.4, -0.2) is 22.2 Å². The Bertz CT molecular complexity index is 484. The van der Waals surface area contributed by atoms with E-state index in [0.717, 1.165) is 16.6 Å². The Hall–Kier alpha value is -1.84. The summed E-state index contributed by atoms with van der Waals surface area (Å²) in [5.74, 6) is 0.536. The van der Waals surface area contributed by atoms with Crippen LogP contribution in [0, 0.1) is 6.92 Å². The number of aromatic nitrogens is 2. The van der Waals surface area contributed by atoms with Gasteiger partial charge in [-0.2, -0.15) is 0 Å². The Kier molecular flexibility index (Phi) is 4.05. The lowest BCUT2D eigenvalue weighted by molar-refractivity contribution is 0.374. The van der Waals surface area contributed by atoms with Gasteiger partial charge in [0.15, 0.2) is 11.5 Å². The van der Waals surface area contributed by atoms with Gasteiger partial charge in [0.25, 0.3) is 0 Å². The van der Waals surface area contributed by atoms with Crippen molar-refractivity contribution in [2.24, 2.45) is 0 Å². The first-order chi connectivity index (χ1) is 7.72. The normalized spacial score (nSPS) is 9.50. The molecule has 0 fully saturated rings. The van der Waals surface area contributed by atoms with Crippen molar-refractivity contribution >= 4 is 10.9 Å². The van der Waals surface area contributed by atoms with Crippen molar-refractivity contribution in [3.63, 3.8) is 0 Å². The molecule has 0 saturated carbocycles. The van der Waals surface area contributed by atoms with E-state index in [-0.39, 0.29) is 5.75 Å². The molecule has 16 heavy (non-hydrogen) atoms. The molecule has 1 aromatic heterocycles. The molecule has 1 heterocycles. The molecule has 1 N–H and O–H groups in total. The average Bonchev–Trinajstić information content (AvgIpc) is 2.31. The summed E-state index contributed by atoms with van der Waals surface area (Å²) in [7, 11) is 1.51. The van der Waals surface area contributed by atoms with Crippen LogP contribution in [0.2, 0.25) is 0 Å². The number of benzene rings is 1. The van der Waals surface area contributed by atoms with Crippen LogP contribution in [0.5, 0.6) is 11.5 Å². The molecule has 4 heteroatoms. The summed E-state index contributed by atoms with van der Waals surface area (Å²) < 4.78 is 5.00. The van der Waals surface area contributed by atoms with Crippen molar-refractivity contribution < 1.29 is 9.84 Å². The van der Waals surface area contributed by atoms with Gasteiger partial charge in [-0.25, -0.2) is 9.97 Å². The number of nitrogens with zero attached hydrogens (tertiary/aromatic N) is 2. The van der Waals surface area contributed by atoms with Gasteiger partial charge >= 0.3 is 0 Å². The number of rotatable bonds is 1. The van der Waals surface area contributed by atoms with Crippen LogP contribution in [0.25, 0.3) is 10.9 Å². The van der Waals surface area contributed by atoms with E-state index in [2.05, 4.69) is 9.97 Å². The largest absolute Gasteiger partial charge is 0.504 e. The fraction of sp³-hybridized carbons (Fsp3) is 0.333. The molecule has 0 aliphatic rings. The molecule has 1 aromatic carbocycles. The Morgan fingerprint density at radius 3 is 2.50 bits per heavy atom. The Balaban J connectivity index is 0.000000606. The fourth-order valence-electron chi connectivity index (χ4n) is 1.36. The molecule has 0 aliphatic carbocycles. The van der Waals surface area contributed by atoms with E-state index < -0.39 is 0 Å². The Labute approximate surface area is 94.9 Å². The quantitative estimate of drug-likeness (QED) is 0.802. The maximum Gasteiger partial charge on any atom is 0.161 e. The predicted octanol–water partition coefficient (Wildman–Crippen LogP) is 2.68. The fourth-order valence-corrected chi connectivity index (χ4v) is 1.36. The molecule has 0 aliphatic heterocycles. The summed E-state index contributed by atoms with van der Waals surface area (Å²) in [5, 5.41) is 10.4. The minimum atomic E-state index is 0.0955. The highest BCUT2D eigenvalue weighted by Crippen LogP contribution is 2.30. The van der Waals surface area contributed by atoms with E-state index in [1.54, 1.807) is 12.1 Å². The van der Waals surface area contributed by atoms with Crippen molar-refractivity contribution in [1.29, 1.82) is 0 Å². The molecule has 0 atom stereocenters. The van der Waals surface area contributed by atoms with Crippen molar-refractivity contribution in [1.82, 2.24) is 9.97 Å². The summed E-state index contributed by atoms with van der Waals surface area (Å²) in [4.78, 5) is 8.12. The summed E-state index contributed by atoms with van der Waals surface area (Å²) >= 11 is 0. The lowest BCUT2D eigenvalue weighted by Gasteiger charge is -2.05. The van der Waals surface area contributed by atoms with Crippen molar-refractivity contribution in [2.45, 2.75) is 20.8 Å². The first-order valence-corrected chi connectivity index (χ1v) is 5.20. The van der Waals surface area contributed by atoms with E-state index in [1.807, 2.05) is 20.8 Å². The SMILES string of the molecule is CC.COc1cc2c(C)ncnc2cc1O. The second-order valence-electron chi connectivity index (χ2n) is 3.00. The van der Waals surface area contributed by atoms with Gasteiger partial charge in [-0.15, -0.1) is 0 Å². The zero-order valence-electron chi connectivity index (χ0n) is 9.98. The van der Waals surface area contributed by atoms with Gasteiger partial charge in [0.1, 0.15) is 6.33 Å². The third-order valence-corrected chi connectivity index (χ3v) is 2.14. The molecule has 0 bridgehead atoms. The number of phenols is 1. The summed E-state index contributed by atoms with van der Waals surface area (Å²) in [5.41, 5.74) is 1.59. The monoisotopic (exact) mass is 220 g/mol. The number of hydrogen-bond acceptors (Lipinski definition) is 4. The third-order valence-electron chi connectivity index (χ3n) is 2.14. The van der Waals surface area contributed by atoms with Gasteiger partial charge in [-0.1, -0.05) is 13.8 Å². The zero-order chi connectivity index (χ0) is 12.1. The minimum absolute atomic E-state index is 0.0955. The lowest BCUT2D eigenvalue weighted by atomic mass is 10.2. The topological polar surface area (TPSA) is 55.2 Å². The third kappa shape index (κ3) is 2.21. The standard InChI is InChI=1S/C10H10N2O2.C2H6/c1-6-7-3-10(14-2)9(13)4-8(7)12-5-11-6;1-2/h3-5,13H,1-2H3;1-2H3. The molecule has 0 amide bonds. The van der Waals surface area contributed by atoms with Crippen LogP contribution in [0.3, 0.4) is 0 Å². The second kappa shape index (κ2) is 5.30.